The predicted molar refractivity (Wildman–Crippen MR) is 60.0 cm³/mol. The van der Waals surface area contributed by atoms with Gasteiger partial charge in [0.05, 0.1) is 4.90 Å². The molecular weight excluding hydrogens is 212 g/mol. The van der Waals surface area contributed by atoms with E-state index >= 15 is 0 Å². The van der Waals surface area contributed by atoms with Crippen LogP contribution in [-0.4, -0.2) is 15.5 Å². The number of nitrogens with two attached hydrogens (primary N) is 1. The van der Waals surface area contributed by atoms with Crippen molar-refractivity contribution in [2.75, 3.05) is 7.05 Å². The van der Waals surface area contributed by atoms with Gasteiger partial charge in [0.25, 0.3) is 0 Å². The molecule has 0 bridgehead atoms. The first-order valence-electron chi connectivity index (χ1n) is 4.78. The first-order valence-corrected chi connectivity index (χ1v) is 6.33. The van der Waals surface area contributed by atoms with Crippen LogP contribution >= 0.6 is 0 Å². The van der Waals surface area contributed by atoms with Crippen LogP contribution in [0.3, 0.4) is 0 Å². The molecule has 4 nitrogen and oxygen atoms in total. The SMILES string of the molecule is CCc1ccc(CNC)cc1S(N)(=O)=O. The third-order valence-electron chi connectivity index (χ3n) is 2.20. The summed E-state index contributed by atoms with van der Waals surface area (Å²) >= 11 is 0. The number of primary sulfonamides is 1. The fraction of sp³-hybridized carbons (Fsp3) is 0.400. The Bertz CT molecular complexity index is 441. The molecule has 1 aromatic carbocycles. The molecule has 0 heterocycles. The largest absolute Gasteiger partial charge is 0.316 e. The Balaban J connectivity index is 3.26. The second kappa shape index (κ2) is 4.74. The van der Waals surface area contributed by atoms with Crippen molar-refractivity contribution in [1.29, 1.82) is 0 Å². The van der Waals surface area contributed by atoms with Gasteiger partial charge in [0.2, 0.25) is 10.0 Å². The van der Waals surface area contributed by atoms with Gasteiger partial charge in [-0.1, -0.05) is 19.1 Å². The summed E-state index contributed by atoms with van der Waals surface area (Å²) in [6, 6.07) is 5.35. The Morgan fingerprint density at radius 1 is 1.40 bits per heavy atom. The number of aryl methyl sites for hydroxylation is 1. The maximum Gasteiger partial charge on any atom is 0.238 e. The highest BCUT2D eigenvalue weighted by atomic mass is 32.2. The minimum atomic E-state index is -3.61. The third-order valence-corrected chi connectivity index (χ3v) is 3.19. The molecule has 1 rings (SSSR count). The van der Waals surface area contributed by atoms with Crippen LogP contribution < -0.4 is 10.5 Å². The molecule has 0 radical (unpaired) electrons. The maximum atomic E-state index is 11.3. The van der Waals surface area contributed by atoms with Crippen molar-refractivity contribution < 1.29 is 8.42 Å². The van der Waals surface area contributed by atoms with Gasteiger partial charge in [-0.05, 0) is 30.7 Å². The van der Waals surface area contributed by atoms with E-state index in [-0.39, 0.29) is 4.90 Å². The fourth-order valence-electron chi connectivity index (χ4n) is 1.47. The standard InChI is InChI=1S/C10H16N2O2S/c1-3-9-5-4-8(7-12-2)6-10(9)15(11,13)14/h4-6,12H,3,7H2,1-2H3,(H2,11,13,14). The predicted octanol–water partition coefficient (Wildman–Crippen LogP) is 0.616. The van der Waals surface area contributed by atoms with Crippen LogP contribution in [0.15, 0.2) is 23.1 Å². The lowest BCUT2D eigenvalue weighted by Gasteiger charge is -2.08. The van der Waals surface area contributed by atoms with Crippen LogP contribution in [0.25, 0.3) is 0 Å². The van der Waals surface area contributed by atoms with Crippen LogP contribution in [0.5, 0.6) is 0 Å². The summed E-state index contributed by atoms with van der Waals surface area (Å²) in [7, 11) is -1.80. The monoisotopic (exact) mass is 228 g/mol. The average molecular weight is 228 g/mol. The molecule has 0 fully saturated rings. The molecule has 5 heteroatoms. The molecular formula is C10H16N2O2S. The summed E-state index contributed by atoms with van der Waals surface area (Å²) < 4.78 is 22.7. The van der Waals surface area contributed by atoms with Crippen molar-refractivity contribution in [3.63, 3.8) is 0 Å². The van der Waals surface area contributed by atoms with Crippen LogP contribution in [-0.2, 0) is 23.0 Å². The van der Waals surface area contributed by atoms with E-state index in [2.05, 4.69) is 5.32 Å². The van der Waals surface area contributed by atoms with Crippen LogP contribution in [0.4, 0.5) is 0 Å². The number of rotatable bonds is 4. The smallest absolute Gasteiger partial charge is 0.238 e. The van der Waals surface area contributed by atoms with Gasteiger partial charge in [-0.3, -0.25) is 0 Å². The molecule has 0 aliphatic heterocycles. The molecule has 3 N–H and O–H groups in total. The second-order valence-corrected chi connectivity index (χ2v) is 4.90. The third kappa shape index (κ3) is 3.02. The number of benzene rings is 1. The lowest BCUT2D eigenvalue weighted by Crippen LogP contribution is -2.15. The lowest BCUT2D eigenvalue weighted by molar-refractivity contribution is 0.596. The molecule has 0 unspecified atom stereocenters. The number of hydrogen-bond donors (Lipinski definition) is 2. The highest BCUT2D eigenvalue weighted by Crippen LogP contribution is 2.17. The molecule has 0 aromatic heterocycles. The van der Waals surface area contributed by atoms with E-state index in [0.29, 0.717) is 13.0 Å². The molecule has 0 amide bonds. The van der Waals surface area contributed by atoms with Crippen molar-refractivity contribution in [2.45, 2.75) is 24.8 Å². The Morgan fingerprint density at radius 2 is 2.07 bits per heavy atom. The van der Waals surface area contributed by atoms with E-state index in [1.807, 2.05) is 26.1 Å². The fourth-order valence-corrected chi connectivity index (χ4v) is 2.36. The molecule has 0 saturated heterocycles. The second-order valence-electron chi connectivity index (χ2n) is 3.37. The van der Waals surface area contributed by atoms with E-state index in [1.165, 1.54) is 0 Å². The maximum absolute atomic E-state index is 11.3. The zero-order chi connectivity index (χ0) is 11.5. The molecule has 15 heavy (non-hydrogen) atoms. The van der Waals surface area contributed by atoms with Gasteiger partial charge in [0.1, 0.15) is 0 Å². The Morgan fingerprint density at radius 3 is 2.53 bits per heavy atom. The number of nitrogens with one attached hydrogen (secondary N) is 1. The molecule has 0 spiro atoms. The quantitative estimate of drug-likeness (QED) is 0.793. The average Bonchev–Trinajstić information content (AvgIpc) is 2.17. The molecule has 0 aliphatic rings. The summed E-state index contributed by atoms with van der Waals surface area (Å²) in [5.74, 6) is 0. The number of hydrogen-bond acceptors (Lipinski definition) is 3. The molecule has 84 valence electrons. The van der Waals surface area contributed by atoms with Crippen molar-refractivity contribution in [3.8, 4) is 0 Å². The Hall–Kier alpha value is -0.910. The minimum absolute atomic E-state index is 0.234. The van der Waals surface area contributed by atoms with Crippen molar-refractivity contribution in [3.05, 3.63) is 29.3 Å². The zero-order valence-electron chi connectivity index (χ0n) is 8.95. The van der Waals surface area contributed by atoms with Gasteiger partial charge in [-0.15, -0.1) is 0 Å². The highest BCUT2D eigenvalue weighted by molar-refractivity contribution is 7.89. The van der Waals surface area contributed by atoms with E-state index in [4.69, 9.17) is 5.14 Å². The zero-order valence-corrected chi connectivity index (χ0v) is 9.76. The van der Waals surface area contributed by atoms with Crippen LogP contribution in [0.1, 0.15) is 18.1 Å². The van der Waals surface area contributed by atoms with Crippen LogP contribution in [0.2, 0.25) is 0 Å². The van der Waals surface area contributed by atoms with Crippen molar-refractivity contribution in [2.24, 2.45) is 5.14 Å². The normalized spacial score (nSPS) is 11.7. The first-order chi connectivity index (χ1) is 6.99. The lowest BCUT2D eigenvalue weighted by atomic mass is 10.1. The summed E-state index contributed by atoms with van der Waals surface area (Å²) in [6.45, 7) is 2.54. The summed E-state index contributed by atoms with van der Waals surface area (Å²) in [5, 5.41) is 8.11. The molecule has 0 atom stereocenters. The summed E-state index contributed by atoms with van der Waals surface area (Å²) in [6.07, 6.45) is 0.658. The van der Waals surface area contributed by atoms with Gasteiger partial charge >= 0.3 is 0 Å². The van der Waals surface area contributed by atoms with Gasteiger partial charge in [-0.25, -0.2) is 13.6 Å². The minimum Gasteiger partial charge on any atom is -0.316 e. The van der Waals surface area contributed by atoms with E-state index in [1.54, 1.807) is 6.07 Å². The van der Waals surface area contributed by atoms with E-state index in [9.17, 15) is 8.42 Å². The first kappa shape index (κ1) is 12.2. The molecule has 0 saturated carbocycles. The molecule has 1 aromatic rings. The van der Waals surface area contributed by atoms with Crippen LogP contribution in [0, 0.1) is 0 Å². The topological polar surface area (TPSA) is 72.2 Å². The van der Waals surface area contributed by atoms with Gasteiger partial charge in [0.15, 0.2) is 0 Å². The van der Waals surface area contributed by atoms with E-state index in [0.717, 1.165) is 11.1 Å². The molecule has 0 aliphatic carbocycles. The van der Waals surface area contributed by atoms with Crippen molar-refractivity contribution in [1.82, 2.24) is 5.32 Å². The van der Waals surface area contributed by atoms with Gasteiger partial charge < -0.3 is 5.32 Å². The number of sulfonamides is 1. The highest BCUT2D eigenvalue weighted by Gasteiger charge is 2.13. The Labute approximate surface area is 90.5 Å². The van der Waals surface area contributed by atoms with Gasteiger partial charge in [-0.2, -0.15) is 0 Å². The summed E-state index contributed by atoms with van der Waals surface area (Å²) in [4.78, 5) is 0.234. The van der Waals surface area contributed by atoms with E-state index < -0.39 is 10.0 Å². The summed E-state index contributed by atoms with van der Waals surface area (Å²) in [5.41, 5.74) is 1.68. The Kier molecular flexibility index (Phi) is 3.84. The van der Waals surface area contributed by atoms with Gasteiger partial charge in [0, 0.05) is 6.54 Å². The van der Waals surface area contributed by atoms with Crippen molar-refractivity contribution >= 4 is 10.0 Å².